The maximum atomic E-state index is 12.2. The minimum absolute atomic E-state index is 0.0765. The Morgan fingerprint density at radius 1 is 1.00 bits per heavy atom. The topological polar surface area (TPSA) is 68.0 Å². The van der Waals surface area contributed by atoms with Crippen molar-refractivity contribution >= 4 is 23.5 Å². The van der Waals surface area contributed by atoms with Crippen LogP contribution in [0.25, 0.3) is 11.5 Å². The molecule has 0 fully saturated rings. The molecule has 4 rings (SSSR count). The molecule has 3 aromatic rings. The molecule has 1 amide bonds. The van der Waals surface area contributed by atoms with Crippen LogP contribution in [0.4, 0.5) is 6.01 Å². The van der Waals surface area contributed by atoms with E-state index in [0.29, 0.717) is 16.5 Å². The molecule has 0 saturated heterocycles. The van der Waals surface area contributed by atoms with Crippen molar-refractivity contribution in [1.29, 1.82) is 0 Å². The maximum Gasteiger partial charge on any atom is 0.322 e. The molecule has 1 aliphatic rings. The average Bonchev–Trinajstić information content (AvgIpc) is 3.10. The molecule has 126 valence electrons. The SMILES string of the molecule is O=C(Nc1nnc(-c2ccc3c(c2)CCCC3)o1)c1ccc(Cl)cc1. The molecule has 25 heavy (non-hydrogen) atoms. The van der Waals surface area contributed by atoms with Crippen molar-refractivity contribution in [3.8, 4) is 11.5 Å². The van der Waals surface area contributed by atoms with Crippen LogP contribution in [0, 0.1) is 0 Å². The summed E-state index contributed by atoms with van der Waals surface area (Å²) in [5.41, 5.74) is 4.08. The normalized spacial score (nSPS) is 13.3. The Morgan fingerprint density at radius 2 is 1.76 bits per heavy atom. The van der Waals surface area contributed by atoms with Gasteiger partial charge < -0.3 is 4.42 Å². The van der Waals surface area contributed by atoms with Crippen LogP contribution in [-0.4, -0.2) is 16.1 Å². The highest BCUT2D eigenvalue weighted by Crippen LogP contribution is 2.27. The first-order valence-electron chi connectivity index (χ1n) is 8.22. The van der Waals surface area contributed by atoms with Crippen molar-refractivity contribution in [2.24, 2.45) is 0 Å². The zero-order valence-corrected chi connectivity index (χ0v) is 14.2. The van der Waals surface area contributed by atoms with Crippen molar-refractivity contribution in [2.75, 3.05) is 5.32 Å². The number of aryl methyl sites for hydroxylation is 2. The van der Waals surface area contributed by atoms with Gasteiger partial charge in [0.25, 0.3) is 5.91 Å². The number of benzene rings is 2. The van der Waals surface area contributed by atoms with Gasteiger partial charge in [0.2, 0.25) is 5.89 Å². The molecule has 1 aromatic heterocycles. The molecular weight excluding hydrogens is 338 g/mol. The van der Waals surface area contributed by atoms with Gasteiger partial charge in [0.1, 0.15) is 0 Å². The molecule has 6 heteroatoms. The predicted molar refractivity (Wildman–Crippen MR) is 95.8 cm³/mol. The number of aromatic nitrogens is 2. The van der Waals surface area contributed by atoms with Crippen LogP contribution < -0.4 is 5.32 Å². The highest BCUT2D eigenvalue weighted by molar-refractivity contribution is 6.30. The van der Waals surface area contributed by atoms with E-state index in [9.17, 15) is 4.79 Å². The van der Waals surface area contributed by atoms with Gasteiger partial charge >= 0.3 is 6.01 Å². The summed E-state index contributed by atoms with van der Waals surface area (Å²) in [6, 6.07) is 12.9. The van der Waals surface area contributed by atoms with E-state index in [1.54, 1.807) is 24.3 Å². The van der Waals surface area contributed by atoms with Crippen molar-refractivity contribution < 1.29 is 9.21 Å². The van der Waals surface area contributed by atoms with Crippen LogP contribution in [0.15, 0.2) is 46.9 Å². The van der Waals surface area contributed by atoms with Crippen LogP contribution in [0.2, 0.25) is 5.02 Å². The summed E-state index contributed by atoms with van der Waals surface area (Å²) < 4.78 is 5.60. The van der Waals surface area contributed by atoms with E-state index in [1.807, 2.05) is 6.07 Å². The molecular formula is C19H16ClN3O2. The van der Waals surface area contributed by atoms with Gasteiger partial charge in [-0.25, -0.2) is 0 Å². The highest BCUT2D eigenvalue weighted by atomic mass is 35.5. The number of halogens is 1. The number of amides is 1. The van der Waals surface area contributed by atoms with E-state index in [2.05, 4.69) is 27.6 Å². The second-order valence-corrected chi connectivity index (χ2v) is 6.50. The number of carbonyl (C=O) groups excluding carboxylic acids is 1. The predicted octanol–water partition coefficient (Wildman–Crippen LogP) is 4.52. The molecule has 0 unspecified atom stereocenters. The molecule has 0 saturated carbocycles. The minimum Gasteiger partial charge on any atom is -0.403 e. The Bertz CT molecular complexity index is 919. The van der Waals surface area contributed by atoms with Crippen LogP contribution in [0.3, 0.4) is 0 Å². The smallest absolute Gasteiger partial charge is 0.322 e. The zero-order valence-electron chi connectivity index (χ0n) is 13.5. The van der Waals surface area contributed by atoms with Crippen molar-refractivity contribution in [2.45, 2.75) is 25.7 Å². The second-order valence-electron chi connectivity index (χ2n) is 6.06. The fourth-order valence-electron chi connectivity index (χ4n) is 3.03. The van der Waals surface area contributed by atoms with Crippen LogP contribution >= 0.6 is 11.6 Å². The average molecular weight is 354 g/mol. The number of rotatable bonds is 3. The standard InChI is InChI=1S/C19H16ClN3O2/c20-16-9-7-13(8-10-16)17(24)21-19-23-22-18(25-19)15-6-5-12-3-1-2-4-14(12)11-15/h5-11H,1-4H2,(H,21,23,24). The lowest BCUT2D eigenvalue weighted by Crippen LogP contribution is -2.11. The van der Waals surface area contributed by atoms with Crippen molar-refractivity contribution in [3.63, 3.8) is 0 Å². The molecule has 0 radical (unpaired) electrons. The number of fused-ring (bicyclic) bond motifs is 1. The molecule has 0 atom stereocenters. The first kappa shape index (κ1) is 15.8. The number of carbonyl (C=O) groups is 1. The summed E-state index contributed by atoms with van der Waals surface area (Å²) in [5.74, 6) is 0.0806. The summed E-state index contributed by atoms with van der Waals surface area (Å²) in [7, 11) is 0. The fourth-order valence-corrected chi connectivity index (χ4v) is 3.15. The van der Waals surface area contributed by atoms with Gasteiger partial charge in [0.15, 0.2) is 0 Å². The van der Waals surface area contributed by atoms with Gasteiger partial charge in [-0.2, -0.15) is 0 Å². The summed E-state index contributed by atoms with van der Waals surface area (Å²) in [5, 5.41) is 11.1. The Kier molecular flexibility index (Phi) is 4.24. The number of hydrogen-bond donors (Lipinski definition) is 1. The Hall–Kier alpha value is -2.66. The molecule has 1 N–H and O–H groups in total. The van der Waals surface area contributed by atoms with Crippen LogP contribution in [-0.2, 0) is 12.8 Å². The molecule has 0 aliphatic heterocycles. The monoisotopic (exact) mass is 353 g/mol. The first-order valence-corrected chi connectivity index (χ1v) is 8.59. The molecule has 0 bridgehead atoms. The third kappa shape index (κ3) is 3.42. The lowest BCUT2D eigenvalue weighted by Gasteiger charge is -2.15. The van der Waals surface area contributed by atoms with Crippen LogP contribution in [0.5, 0.6) is 0 Å². The summed E-state index contributed by atoms with van der Waals surface area (Å²) in [6.45, 7) is 0. The van der Waals surface area contributed by atoms with Crippen molar-refractivity contribution in [1.82, 2.24) is 10.2 Å². The lowest BCUT2D eigenvalue weighted by atomic mass is 9.90. The van der Waals surface area contributed by atoms with Crippen LogP contribution in [0.1, 0.15) is 34.3 Å². The fraction of sp³-hybridized carbons (Fsp3) is 0.211. The minimum atomic E-state index is -0.322. The number of nitrogens with one attached hydrogen (secondary N) is 1. The Labute approximate surface area is 150 Å². The van der Waals surface area contributed by atoms with Gasteiger partial charge in [-0.1, -0.05) is 22.8 Å². The van der Waals surface area contributed by atoms with E-state index >= 15 is 0 Å². The summed E-state index contributed by atoms with van der Waals surface area (Å²) in [6.07, 6.45) is 4.66. The van der Waals surface area contributed by atoms with E-state index in [0.717, 1.165) is 18.4 Å². The number of anilines is 1. The number of nitrogens with zero attached hydrogens (tertiary/aromatic N) is 2. The van der Waals surface area contributed by atoms with Gasteiger partial charge in [-0.15, -0.1) is 5.10 Å². The van der Waals surface area contributed by atoms with Gasteiger partial charge in [0.05, 0.1) is 0 Å². The summed E-state index contributed by atoms with van der Waals surface area (Å²) >= 11 is 5.83. The third-order valence-electron chi connectivity index (χ3n) is 4.35. The van der Waals surface area contributed by atoms with Gasteiger partial charge in [0, 0.05) is 16.1 Å². The highest BCUT2D eigenvalue weighted by Gasteiger charge is 2.15. The van der Waals surface area contributed by atoms with E-state index < -0.39 is 0 Å². The molecule has 2 aromatic carbocycles. The largest absolute Gasteiger partial charge is 0.403 e. The van der Waals surface area contributed by atoms with Crippen molar-refractivity contribution in [3.05, 3.63) is 64.2 Å². The van der Waals surface area contributed by atoms with Gasteiger partial charge in [-0.05, 0) is 73.2 Å². The Morgan fingerprint density at radius 3 is 2.56 bits per heavy atom. The van der Waals surface area contributed by atoms with Gasteiger partial charge in [-0.3, -0.25) is 10.1 Å². The third-order valence-corrected chi connectivity index (χ3v) is 4.60. The first-order chi connectivity index (χ1) is 12.2. The quantitative estimate of drug-likeness (QED) is 0.751. The molecule has 5 nitrogen and oxygen atoms in total. The lowest BCUT2D eigenvalue weighted by molar-refractivity contribution is 0.102. The second kappa shape index (κ2) is 6.69. The number of hydrogen-bond acceptors (Lipinski definition) is 4. The van der Waals surface area contributed by atoms with E-state index in [-0.39, 0.29) is 11.9 Å². The maximum absolute atomic E-state index is 12.2. The van der Waals surface area contributed by atoms with E-state index in [4.69, 9.17) is 16.0 Å². The summed E-state index contributed by atoms with van der Waals surface area (Å²) in [4.78, 5) is 12.2. The molecule has 0 spiro atoms. The Balaban J connectivity index is 1.52. The molecule has 1 aliphatic carbocycles. The zero-order chi connectivity index (χ0) is 17.2. The van der Waals surface area contributed by atoms with E-state index in [1.165, 1.54) is 24.0 Å². The molecule has 1 heterocycles.